The van der Waals surface area contributed by atoms with Gasteiger partial charge in [-0.05, 0) is 6.92 Å². The summed E-state index contributed by atoms with van der Waals surface area (Å²) in [5.41, 5.74) is 1.14. The molecule has 0 saturated heterocycles. The van der Waals surface area contributed by atoms with E-state index in [1.807, 2.05) is 0 Å². The van der Waals surface area contributed by atoms with E-state index in [2.05, 4.69) is 10.2 Å². The van der Waals surface area contributed by atoms with Gasteiger partial charge in [0.25, 0.3) is 5.56 Å². The number of hydrogen-bond acceptors (Lipinski definition) is 2. The van der Waals surface area contributed by atoms with Crippen molar-refractivity contribution in [2.75, 3.05) is 5.88 Å². The topological polar surface area (TPSA) is 68.9 Å². The molecule has 0 aromatic carbocycles. The Morgan fingerprint density at radius 3 is 2.67 bits per heavy atom. The highest BCUT2D eigenvalue weighted by Gasteiger charge is 2.10. The number of aromatic amines is 2. The molecule has 1 aromatic heterocycles. The minimum Gasteiger partial charge on any atom is -0.392 e. The molecule has 1 heterocycles. The monoisotopic (exact) mass is 190 g/mol. The molecule has 0 aliphatic rings. The lowest BCUT2D eigenvalue weighted by atomic mass is 10.1. The summed E-state index contributed by atoms with van der Waals surface area (Å²) in [5.74, 6) is 0.143. The fourth-order valence-corrected chi connectivity index (χ4v) is 1.12. The van der Waals surface area contributed by atoms with E-state index in [1.54, 1.807) is 6.92 Å². The van der Waals surface area contributed by atoms with Crippen LogP contribution in [0.1, 0.15) is 11.3 Å². The van der Waals surface area contributed by atoms with Gasteiger partial charge in [0.05, 0.1) is 6.10 Å². The zero-order valence-corrected chi connectivity index (χ0v) is 7.48. The summed E-state index contributed by atoms with van der Waals surface area (Å²) < 4.78 is 0. The third kappa shape index (κ3) is 1.89. The van der Waals surface area contributed by atoms with Gasteiger partial charge in [-0.1, -0.05) is 0 Å². The molecule has 12 heavy (non-hydrogen) atoms. The standard InChI is InChI=1S/C7H11ClN2O2/c1-4-6(2-5(11)3-8)7(12)10-9-4/h5,11H,2-3H2,1H3,(H2,9,10,12). The number of aliphatic hydroxyl groups excluding tert-OH is 1. The van der Waals surface area contributed by atoms with Crippen LogP contribution in [0.15, 0.2) is 4.79 Å². The minimum absolute atomic E-state index is 0.143. The normalized spacial score (nSPS) is 13.2. The van der Waals surface area contributed by atoms with Gasteiger partial charge in [0.2, 0.25) is 0 Å². The van der Waals surface area contributed by atoms with Crippen molar-refractivity contribution in [1.29, 1.82) is 0 Å². The maximum absolute atomic E-state index is 11.1. The number of aromatic nitrogens is 2. The fourth-order valence-electron chi connectivity index (χ4n) is 1.01. The molecule has 0 aliphatic carbocycles. The first-order valence-corrected chi connectivity index (χ1v) is 4.18. The van der Waals surface area contributed by atoms with Crippen molar-refractivity contribution in [2.45, 2.75) is 19.4 Å². The maximum atomic E-state index is 11.1. The Morgan fingerprint density at radius 2 is 2.25 bits per heavy atom. The average molecular weight is 191 g/mol. The molecule has 5 heteroatoms. The van der Waals surface area contributed by atoms with Crippen molar-refractivity contribution >= 4 is 11.6 Å². The largest absolute Gasteiger partial charge is 0.392 e. The fraction of sp³-hybridized carbons (Fsp3) is 0.571. The van der Waals surface area contributed by atoms with Gasteiger partial charge in [-0.2, -0.15) is 0 Å². The predicted octanol–water partition coefficient (Wildman–Crippen LogP) is 0.154. The molecule has 1 unspecified atom stereocenters. The Morgan fingerprint density at radius 1 is 1.58 bits per heavy atom. The van der Waals surface area contributed by atoms with E-state index in [-0.39, 0.29) is 11.4 Å². The number of aryl methyl sites for hydroxylation is 1. The molecule has 1 aromatic rings. The third-order valence-electron chi connectivity index (χ3n) is 1.71. The van der Waals surface area contributed by atoms with E-state index in [0.29, 0.717) is 12.0 Å². The highest BCUT2D eigenvalue weighted by atomic mass is 35.5. The van der Waals surface area contributed by atoms with Crippen LogP contribution >= 0.6 is 11.6 Å². The highest BCUT2D eigenvalue weighted by Crippen LogP contribution is 2.02. The molecule has 3 N–H and O–H groups in total. The lowest BCUT2D eigenvalue weighted by molar-refractivity contribution is 0.198. The van der Waals surface area contributed by atoms with E-state index in [4.69, 9.17) is 11.6 Å². The van der Waals surface area contributed by atoms with E-state index in [9.17, 15) is 9.90 Å². The van der Waals surface area contributed by atoms with Crippen LogP contribution in [-0.2, 0) is 6.42 Å². The van der Waals surface area contributed by atoms with E-state index in [1.165, 1.54) is 0 Å². The summed E-state index contributed by atoms with van der Waals surface area (Å²) in [6, 6.07) is 0. The summed E-state index contributed by atoms with van der Waals surface area (Å²) in [6.07, 6.45) is -0.351. The lowest BCUT2D eigenvalue weighted by Crippen LogP contribution is -2.17. The SMILES string of the molecule is Cc1[nH][nH]c(=O)c1CC(O)CCl. The molecule has 68 valence electrons. The Kier molecular flexibility index (Phi) is 2.94. The zero-order valence-electron chi connectivity index (χ0n) is 6.72. The summed E-state index contributed by atoms with van der Waals surface area (Å²) in [5, 5.41) is 14.3. The van der Waals surface area contributed by atoms with Gasteiger partial charge in [-0.15, -0.1) is 11.6 Å². The second kappa shape index (κ2) is 3.78. The summed E-state index contributed by atoms with van der Waals surface area (Å²) in [6.45, 7) is 1.77. The van der Waals surface area contributed by atoms with Crippen LogP contribution in [0.5, 0.6) is 0 Å². The average Bonchev–Trinajstić information content (AvgIpc) is 2.35. The van der Waals surface area contributed by atoms with Crippen LogP contribution in [0.2, 0.25) is 0 Å². The van der Waals surface area contributed by atoms with Gasteiger partial charge in [0.1, 0.15) is 0 Å². The number of rotatable bonds is 3. The second-order valence-electron chi connectivity index (χ2n) is 2.69. The number of alkyl halides is 1. The van der Waals surface area contributed by atoms with E-state index < -0.39 is 6.10 Å². The molecular weight excluding hydrogens is 180 g/mol. The quantitative estimate of drug-likeness (QED) is 0.594. The van der Waals surface area contributed by atoms with Crippen molar-refractivity contribution in [3.63, 3.8) is 0 Å². The van der Waals surface area contributed by atoms with Gasteiger partial charge in [0.15, 0.2) is 0 Å². The van der Waals surface area contributed by atoms with Gasteiger partial charge >= 0.3 is 0 Å². The number of aliphatic hydroxyl groups is 1. The first-order chi connectivity index (χ1) is 5.65. The highest BCUT2D eigenvalue weighted by molar-refractivity contribution is 6.18. The number of halogens is 1. The van der Waals surface area contributed by atoms with Gasteiger partial charge < -0.3 is 10.2 Å². The Hall–Kier alpha value is -0.740. The Labute approximate surface area is 74.5 Å². The summed E-state index contributed by atoms with van der Waals surface area (Å²) in [4.78, 5) is 11.1. The van der Waals surface area contributed by atoms with Crippen molar-refractivity contribution < 1.29 is 5.11 Å². The van der Waals surface area contributed by atoms with Crippen LogP contribution in [-0.4, -0.2) is 27.3 Å². The van der Waals surface area contributed by atoms with E-state index in [0.717, 1.165) is 5.69 Å². The van der Waals surface area contributed by atoms with Crippen molar-refractivity contribution in [3.8, 4) is 0 Å². The lowest BCUT2D eigenvalue weighted by Gasteiger charge is -2.03. The number of hydrogen-bond donors (Lipinski definition) is 3. The van der Waals surface area contributed by atoms with Gasteiger partial charge in [-0.25, -0.2) is 0 Å². The molecular formula is C7H11ClN2O2. The van der Waals surface area contributed by atoms with Crippen molar-refractivity contribution in [2.24, 2.45) is 0 Å². The van der Waals surface area contributed by atoms with Crippen LogP contribution in [0.3, 0.4) is 0 Å². The first-order valence-electron chi connectivity index (χ1n) is 3.65. The van der Waals surface area contributed by atoms with Crippen molar-refractivity contribution in [3.05, 3.63) is 21.6 Å². The molecule has 1 rings (SSSR count). The van der Waals surface area contributed by atoms with Crippen LogP contribution in [0.4, 0.5) is 0 Å². The molecule has 0 bridgehead atoms. The molecule has 4 nitrogen and oxygen atoms in total. The van der Waals surface area contributed by atoms with Crippen molar-refractivity contribution in [1.82, 2.24) is 10.2 Å². The van der Waals surface area contributed by atoms with Gasteiger partial charge in [-0.3, -0.25) is 9.89 Å². The molecule has 0 radical (unpaired) electrons. The molecule has 0 aliphatic heterocycles. The zero-order chi connectivity index (χ0) is 9.14. The molecule has 0 spiro atoms. The summed E-state index contributed by atoms with van der Waals surface area (Å²) in [7, 11) is 0. The summed E-state index contributed by atoms with van der Waals surface area (Å²) >= 11 is 5.40. The second-order valence-corrected chi connectivity index (χ2v) is 3.00. The van der Waals surface area contributed by atoms with Crippen LogP contribution in [0.25, 0.3) is 0 Å². The molecule has 0 amide bonds. The number of nitrogens with one attached hydrogen (secondary N) is 2. The molecule has 0 fully saturated rings. The Balaban J connectivity index is 2.81. The van der Waals surface area contributed by atoms with E-state index >= 15 is 0 Å². The smallest absolute Gasteiger partial charge is 0.267 e. The van der Waals surface area contributed by atoms with Crippen LogP contribution < -0.4 is 5.56 Å². The molecule has 0 saturated carbocycles. The molecule has 1 atom stereocenters. The van der Waals surface area contributed by atoms with Crippen LogP contribution in [0, 0.1) is 6.92 Å². The first kappa shape index (κ1) is 9.35. The van der Waals surface area contributed by atoms with Gasteiger partial charge in [0, 0.05) is 23.6 Å². The number of H-pyrrole nitrogens is 2. The Bertz CT molecular complexity index is 305. The maximum Gasteiger partial charge on any atom is 0.267 e. The minimum atomic E-state index is -0.651. The predicted molar refractivity (Wildman–Crippen MR) is 46.6 cm³/mol. The third-order valence-corrected chi connectivity index (χ3v) is 2.06.